The van der Waals surface area contributed by atoms with Crippen molar-refractivity contribution in [3.63, 3.8) is 0 Å². The molecule has 1 aliphatic heterocycles. The summed E-state index contributed by atoms with van der Waals surface area (Å²) in [5.41, 5.74) is 1.35. The third kappa shape index (κ3) is 6.29. The van der Waals surface area contributed by atoms with E-state index in [9.17, 15) is 4.79 Å². The van der Waals surface area contributed by atoms with Crippen LogP contribution in [0.3, 0.4) is 0 Å². The number of rotatable bonds is 7. The van der Waals surface area contributed by atoms with E-state index in [0.29, 0.717) is 42.8 Å². The first-order chi connectivity index (χ1) is 14.6. The van der Waals surface area contributed by atoms with Gasteiger partial charge in [-0.3, -0.25) is 4.99 Å². The summed E-state index contributed by atoms with van der Waals surface area (Å²) in [6, 6.07) is 5.56. The first kappa shape index (κ1) is 24.9. The van der Waals surface area contributed by atoms with Gasteiger partial charge >= 0.3 is 5.97 Å². The lowest BCUT2D eigenvalue weighted by molar-refractivity contribution is 0.0597. The second-order valence-corrected chi connectivity index (χ2v) is 6.89. The Bertz CT molecular complexity index is 917. The number of methoxy groups -OCH3 is 3. The first-order valence-corrected chi connectivity index (χ1v) is 9.71. The number of aromatic nitrogens is 3. The number of ether oxygens (including phenoxy) is 3. The van der Waals surface area contributed by atoms with E-state index >= 15 is 0 Å². The van der Waals surface area contributed by atoms with E-state index in [0.717, 1.165) is 24.2 Å². The topological polar surface area (TPSA) is 112 Å². The normalized spacial score (nSPS) is 15.5. The second kappa shape index (κ2) is 11.8. The molecule has 1 unspecified atom stereocenters. The van der Waals surface area contributed by atoms with E-state index < -0.39 is 5.97 Å². The van der Waals surface area contributed by atoms with Crippen LogP contribution in [-0.2, 0) is 35.6 Å². The third-order valence-electron chi connectivity index (χ3n) is 4.87. The number of benzene rings is 1. The Hall–Kier alpha value is -2.41. The third-order valence-corrected chi connectivity index (χ3v) is 4.87. The van der Waals surface area contributed by atoms with Gasteiger partial charge in [-0.25, -0.2) is 14.5 Å². The highest BCUT2D eigenvalue weighted by atomic mass is 127. The standard InChI is InChI=1S/C20H28N6O4.HI/c1-21-20(22-10-13-5-7-15(19(27)30-4)16(9-13)29-3)23-14-6-8-18-24-17(12-28-2)25-26(18)11-14;/h5,7,9,14H,6,8,10-12H2,1-4H3,(H2,21,22,23);1H. The minimum atomic E-state index is -0.428. The van der Waals surface area contributed by atoms with Crippen molar-refractivity contribution in [1.82, 2.24) is 25.4 Å². The number of aryl methyl sites for hydroxylation is 1. The van der Waals surface area contributed by atoms with Crippen molar-refractivity contribution in [3.05, 3.63) is 41.0 Å². The van der Waals surface area contributed by atoms with Gasteiger partial charge in [0.1, 0.15) is 23.7 Å². The Balaban J connectivity index is 0.00000341. The average molecular weight is 544 g/mol. The maximum atomic E-state index is 11.8. The molecule has 1 aromatic carbocycles. The Kier molecular flexibility index (Phi) is 9.49. The molecule has 2 heterocycles. The Labute approximate surface area is 198 Å². The largest absolute Gasteiger partial charge is 0.496 e. The predicted octanol–water partition coefficient (Wildman–Crippen LogP) is 1.52. The predicted molar refractivity (Wildman–Crippen MR) is 126 cm³/mol. The van der Waals surface area contributed by atoms with Gasteiger partial charge in [0.05, 0.1) is 20.8 Å². The van der Waals surface area contributed by atoms with E-state index in [1.54, 1.807) is 20.2 Å². The maximum Gasteiger partial charge on any atom is 0.341 e. The van der Waals surface area contributed by atoms with Gasteiger partial charge in [0, 0.05) is 33.2 Å². The number of guanidine groups is 1. The minimum Gasteiger partial charge on any atom is -0.496 e. The quantitative estimate of drug-likeness (QED) is 0.234. The van der Waals surface area contributed by atoms with Crippen molar-refractivity contribution in [3.8, 4) is 5.75 Å². The maximum absolute atomic E-state index is 11.8. The molecule has 1 aromatic heterocycles. The second-order valence-electron chi connectivity index (χ2n) is 6.89. The fourth-order valence-corrected chi connectivity index (χ4v) is 3.37. The molecule has 0 fully saturated rings. The SMILES string of the molecule is CN=C(NCc1ccc(C(=O)OC)c(OC)c1)NC1CCc2nc(COC)nn2C1.I. The van der Waals surface area contributed by atoms with Crippen molar-refractivity contribution in [2.45, 2.75) is 38.6 Å². The van der Waals surface area contributed by atoms with E-state index in [-0.39, 0.29) is 30.0 Å². The molecular formula is C20H29IN6O4. The van der Waals surface area contributed by atoms with Crippen molar-refractivity contribution in [1.29, 1.82) is 0 Å². The summed E-state index contributed by atoms with van der Waals surface area (Å²) in [5, 5.41) is 11.2. The summed E-state index contributed by atoms with van der Waals surface area (Å²) >= 11 is 0. The van der Waals surface area contributed by atoms with Gasteiger partial charge in [-0.15, -0.1) is 24.0 Å². The number of fused-ring (bicyclic) bond motifs is 1. The van der Waals surface area contributed by atoms with Crippen LogP contribution in [-0.4, -0.2) is 61.1 Å². The molecule has 0 bridgehead atoms. The molecule has 3 rings (SSSR count). The summed E-state index contributed by atoms with van der Waals surface area (Å²) in [7, 11) is 6.24. The molecule has 1 aliphatic rings. The molecule has 0 radical (unpaired) electrons. The molecule has 170 valence electrons. The number of carbonyl (C=O) groups is 1. The van der Waals surface area contributed by atoms with Crippen LogP contribution in [0.5, 0.6) is 5.75 Å². The molecule has 0 saturated carbocycles. The Morgan fingerprint density at radius 2 is 2.13 bits per heavy atom. The van der Waals surface area contributed by atoms with Gasteiger partial charge < -0.3 is 24.8 Å². The van der Waals surface area contributed by atoms with Crippen LogP contribution in [0, 0.1) is 0 Å². The Morgan fingerprint density at radius 3 is 2.81 bits per heavy atom. The first-order valence-electron chi connectivity index (χ1n) is 9.71. The van der Waals surface area contributed by atoms with Crippen LogP contribution in [0.1, 0.15) is 34.0 Å². The average Bonchev–Trinajstić information content (AvgIpc) is 3.17. The molecule has 0 amide bonds. The van der Waals surface area contributed by atoms with Crippen LogP contribution in [0.25, 0.3) is 0 Å². The van der Waals surface area contributed by atoms with E-state index in [4.69, 9.17) is 14.2 Å². The Morgan fingerprint density at radius 1 is 1.32 bits per heavy atom. The summed E-state index contributed by atoms with van der Waals surface area (Å²) in [5.74, 6) is 2.43. The van der Waals surface area contributed by atoms with E-state index in [2.05, 4.69) is 25.7 Å². The highest BCUT2D eigenvalue weighted by Crippen LogP contribution is 2.21. The number of hydrogen-bond acceptors (Lipinski definition) is 7. The lowest BCUT2D eigenvalue weighted by Gasteiger charge is -2.25. The summed E-state index contributed by atoms with van der Waals surface area (Å²) in [6.45, 7) is 1.66. The number of nitrogens with one attached hydrogen (secondary N) is 2. The van der Waals surface area contributed by atoms with Crippen LogP contribution in [0.4, 0.5) is 0 Å². The van der Waals surface area contributed by atoms with Gasteiger partial charge in [-0.05, 0) is 24.1 Å². The van der Waals surface area contributed by atoms with Crippen molar-refractivity contribution in [2.75, 3.05) is 28.4 Å². The van der Waals surface area contributed by atoms with E-state index in [1.165, 1.54) is 14.2 Å². The molecule has 10 nitrogen and oxygen atoms in total. The zero-order chi connectivity index (χ0) is 21.5. The monoisotopic (exact) mass is 544 g/mol. The summed E-state index contributed by atoms with van der Waals surface area (Å²) < 4.78 is 17.1. The van der Waals surface area contributed by atoms with Crippen LogP contribution in [0.2, 0.25) is 0 Å². The zero-order valence-corrected chi connectivity index (χ0v) is 20.5. The van der Waals surface area contributed by atoms with Gasteiger partial charge in [-0.1, -0.05) is 6.07 Å². The smallest absolute Gasteiger partial charge is 0.341 e. The number of aliphatic imine (C=N–C) groups is 1. The molecule has 11 heteroatoms. The molecule has 1 atom stereocenters. The lowest BCUT2D eigenvalue weighted by Crippen LogP contribution is -2.46. The molecule has 2 N–H and O–H groups in total. The molecule has 31 heavy (non-hydrogen) atoms. The highest BCUT2D eigenvalue weighted by Gasteiger charge is 2.22. The highest BCUT2D eigenvalue weighted by molar-refractivity contribution is 14.0. The number of hydrogen-bond donors (Lipinski definition) is 2. The van der Waals surface area contributed by atoms with Gasteiger partial charge in [0.25, 0.3) is 0 Å². The molecular weight excluding hydrogens is 515 g/mol. The number of halogens is 1. The number of carbonyl (C=O) groups excluding carboxylic acids is 1. The molecule has 0 aliphatic carbocycles. The van der Waals surface area contributed by atoms with E-state index in [1.807, 2.05) is 16.8 Å². The van der Waals surface area contributed by atoms with Gasteiger partial charge in [-0.2, -0.15) is 5.10 Å². The summed E-state index contributed by atoms with van der Waals surface area (Å²) in [4.78, 5) is 20.6. The van der Waals surface area contributed by atoms with Crippen LogP contribution < -0.4 is 15.4 Å². The fourth-order valence-electron chi connectivity index (χ4n) is 3.37. The van der Waals surface area contributed by atoms with Gasteiger partial charge in [0.2, 0.25) is 0 Å². The molecule has 2 aromatic rings. The minimum absolute atomic E-state index is 0. The fraction of sp³-hybridized carbons (Fsp3) is 0.500. The molecule has 0 saturated heterocycles. The number of nitrogens with zero attached hydrogens (tertiary/aromatic N) is 4. The summed E-state index contributed by atoms with van der Waals surface area (Å²) in [6.07, 6.45) is 1.78. The van der Waals surface area contributed by atoms with Crippen molar-refractivity contribution < 1.29 is 19.0 Å². The number of esters is 1. The lowest BCUT2D eigenvalue weighted by atomic mass is 10.1. The van der Waals surface area contributed by atoms with Crippen LogP contribution in [0.15, 0.2) is 23.2 Å². The zero-order valence-electron chi connectivity index (χ0n) is 18.2. The van der Waals surface area contributed by atoms with Crippen molar-refractivity contribution in [2.24, 2.45) is 4.99 Å². The van der Waals surface area contributed by atoms with Crippen LogP contribution >= 0.6 is 24.0 Å². The van der Waals surface area contributed by atoms with Crippen molar-refractivity contribution >= 4 is 35.9 Å². The molecule has 0 spiro atoms. The van der Waals surface area contributed by atoms with Gasteiger partial charge in [0.15, 0.2) is 11.8 Å².